The molecule has 1 aromatic heterocycles. The van der Waals surface area contributed by atoms with Gasteiger partial charge < -0.3 is 11.1 Å². The highest BCUT2D eigenvalue weighted by Crippen LogP contribution is 2.33. The van der Waals surface area contributed by atoms with Crippen LogP contribution < -0.4 is 11.1 Å². The number of rotatable bonds is 2. The molecule has 90 valence electrons. The van der Waals surface area contributed by atoms with E-state index in [-0.39, 0.29) is 5.41 Å². The second kappa shape index (κ2) is 4.05. The normalized spacial score (nSPS) is 22.3. The topological polar surface area (TPSA) is 68.8 Å². The number of nitrogen functional groups attached to an aromatic ring is 1. The van der Waals surface area contributed by atoms with Crippen LogP contribution in [0.25, 0.3) is 0 Å². The van der Waals surface area contributed by atoms with Crippen molar-refractivity contribution < 1.29 is 0 Å². The van der Waals surface area contributed by atoms with Crippen molar-refractivity contribution >= 4 is 5.95 Å². The number of piperidine rings is 1. The van der Waals surface area contributed by atoms with E-state index in [0.29, 0.717) is 11.9 Å². The molecule has 16 heavy (non-hydrogen) atoms. The third-order valence-electron chi connectivity index (χ3n) is 3.69. The molecule has 1 unspecified atom stereocenters. The molecule has 1 aliphatic heterocycles. The van der Waals surface area contributed by atoms with Crippen molar-refractivity contribution in [2.45, 2.75) is 32.1 Å². The summed E-state index contributed by atoms with van der Waals surface area (Å²) in [4.78, 5) is 4.36. The number of aryl methyl sites for hydroxylation is 1. The number of anilines is 1. The van der Waals surface area contributed by atoms with E-state index in [2.05, 4.69) is 29.2 Å². The Labute approximate surface area is 96.4 Å². The first kappa shape index (κ1) is 11.4. The SMILES string of the molecule is Cn1nc(C(C)(C)C2CCCNC2)nc1N. The number of nitrogens with one attached hydrogen (secondary N) is 1. The zero-order valence-corrected chi connectivity index (χ0v) is 10.3. The monoisotopic (exact) mass is 223 g/mol. The van der Waals surface area contributed by atoms with Crippen LogP contribution in [0.4, 0.5) is 5.95 Å². The smallest absolute Gasteiger partial charge is 0.218 e. The molecule has 0 saturated carbocycles. The summed E-state index contributed by atoms with van der Waals surface area (Å²) in [6.07, 6.45) is 2.47. The van der Waals surface area contributed by atoms with Gasteiger partial charge in [0.25, 0.3) is 0 Å². The third-order valence-corrected chi connectivity index (χ3v) is 3.69. The van der Waals surface area contributed by atoms with Crippen molar-refractivity contribution in [3.05, 3.63) is 5.82 Å². The van der Waals surface area contributed by atoms with Gasteiger partial charge in [-0.1, -0.05) is 13.8 Å². The minimum atomic E-state index is -0.0111. The summed E-state index contributed by atoms with van der Waals surface area (Å²) in [6.45, 7) is 6.59. The van der Waals surface area contributed by atoms with E-state index in [9.17, 15) is 0 Å². The fourth-order valence-electron chi connectivity index (χ4n) is 2.32. The second-order valence-electron chi connectivity index (χ2n) is 5.18. The number of aromatic nitrogens is 3. The Morgan fingerprint density at radius 3 is 2.75 bits per heavy atom. The van der Waals surface area contributed by atoms with Crippen LogP contribution in [-0.4, -0.2) is 27.9 Å². The average Bonchev–Trinajstić information content (AvgIpc) is 2.61. The first-order valence-electron chi connectivity index (χ1n) is 5.89. The lowest BCUT2D eigenvalue weighted by molar-refractivity contribution is 0.241. The van der Waals surface area contributed by atoms with Gasteiger partial charge in [0, 0.05) is 12.5 Å². The van der Waals surface area contributed by atoms with E-state index < -0.39 is 0 Å². The number of nitrogens with zero attached hydrogens (tertiary/aromatic N) is 3. The van der Waals surface area contributed by atoms with Gasteiger partial charge in [-0.25, -0.2) is 4.68 Å². The number of hydrogen-bond acceptors (Lipinski definition) is 4. The minimum absolute atomic E-state index is 0.0111. The molecule has 1 fully saturated rings. The van der Waals surface area contributed by atoms with Crippen LogP contribution in [0.1, 0.15) is 32.5 Å². The largest absolute Gasteiger partial charge is 0.368 e. The first-order chi connectivity index (χ1) is 7.51. The fourth-order valence-corrected chi connectivity index (χ4v) is 2.32. The molecule has 0 spiro atoms. The standard InChI is InChI=1S/C11H21N5/c1-11(2,8-5-4-6-13-7-8)9-14-10(12)16(3)15-9/h8,13H,4-7H2,1-3H3,(H2,12,14,15). The van der Waals surface area contributed by atoms with Gasteiger partial charge in [-0.15, -0.1) is 0 Å². The van der Waals surface area contributed by atoms with Gasteiger partial charge in [0.15, 0.2) is 5.82 Å². The van der Waals surface area contributed by atoms with Crippen LogP contribution in [-0.2, 0) is 12.5 Å². The van der Waals surface area contributed by atoms with Gasteiger partial charge >= 0.3 is 0 Å². The van der Waals surface area contributed by atoms with Crippen LogP contribution >= 0.6 is 0 Å². The molecule has 0 aliphatic carbocycles. The fraction of sp³-hybridized carbons (Fsp3) is 0.818. The molecular weight excluding hydrogens is 202 g/mol. The summed E-state index contributed by atoms with van der Waals surface area (Å²) in [7, 11) is 1.83. The maximum atomic E-state index is 5.74. The van der Waals surface area contributed by atoms with Crippen LogP contribution in [0, 0.1) is 5.92 Å². The minimum Gasteiger partial charge on any atom is -0.368 e. The zero-order chi connectivity index (χ0) is 11.8. The van der Waals surface area contributed by atoms with Gasteiger partial charge in [-0.3, -0.25) is 0 Å². The molecule has 5 heteroatoms. The van der Waals surface area contributed by atoms with Crippen LogP contribution in [0.3, 0.4) is 0 Å². The Morgan fingerprint density at radius 1 is 1.50 bits per heavy atom. The molecule has 2 rings (SSSR count). The molecule has 0 aromatic carbocycles. The summed E-state index contributed by atoms with van der Waals surface area (Å²) in [5, 5.41) is 7.85. The van der Waals surface area contributed by atoms with Gasteiger partial charge in [-0.2, -0.15) is 10.1 Å². The first-order valence-corrected chi connectivity index (χ1v) is 5.89. The van der Waals surface area contributed by atoms with Crippen LogP contribution in [0.2, 0.25) is 0 Å². The van der Waals surface area contributed by atoms with E-state index in [0.717, 1.165) is 18.9 Å². The van der Waals surface area contributed by atoms with Crippen LogP contribution in [0.15, 0.2) is 0 Å². The molecular formula is C11H21N5. The second-order valence-corrected chi connectivity index (χ2v) is 5.18. The van der Waals surface area contributed by atoms with Crippen molar-refractivity contribution in [3.63, 3.8) is 0 Å². The zero-order valence-electron chi connectivity index (χ0n) is 10.3. The van der Waals surface area contributed by atoms with Crippen molar-refractivity contribution in [2.24, 2.45) is 13.0 Å². The van der Waals surface area contributed by atoms with Gasteiger partial charge in [0.2, 0.25) is 5.95 Å². The molecule has 0 bridgehead atoms. The van der Waals surface area contributed by atoms with E-state index in [1.54, 1.807) is 4.68 Å². The lowest BCUT2D eigenvalue weighted by atomic mass is 9.74. The maximum Gasteiger partial charge on any atom is 0.218 e. The molecule has 5 nitrogen and oxygen atoms in total. The van der Waals surface area contributed by atoms with Gasteiger partial charge in [0.05, 0.1) is 0 Å². The third kappa shape index (κ3) is 1.91. The predicted octanol–water partition coefficient (Wildman–Crippen LogP) is 0.675. The van der Waals surface area contributed by atoms with E-state index >= 15 is 0 Å². The summed E-state index contributed by atoms with van der Waals surface area (Å²) in [6, 6.07) is 0. The van der Waals surface area contributed by atoms with E-state index in [4.69, 9.17) is 5.73 Å². The highest BCUT2D eigenvalue weighted by atomic mass is 15.4. The number of hydrogen-bond donors (Lipinski definition) is 2. The van der Waals surface area contributed by atoms with Gasteiger partial charge in [-0.05, 0) is 31.8 Å². The van der Waals surface area contributed by atoms with Crippen LogP contribution in [0.5, 0.6) is 0 Å². The Balaban J connectivity index is 2.22. The lowest BCUT2D eigenvalue weighted by Gasteiger charge is -2.35. The predicted molar refractivity (Wildman–Crippen MR) is 64.0 cm³/mol. The Bertz CT molecular complexity index is 343. The molecule has 3 N–H and O–H groups in total. The average molecular weight is 223 g/mol. The highest BCUT2D eigenvalue weighted by molar-refractivity contribution is 5.20. The molecule has 1 saturated heterocycles. The summed E-state index contributed by atoms with van der Waals surface area (Å²) >= 11 is 0. The van der Waals surface area contributed by atoms with Crippen molar-refractivity contribution in [2.75, 3.05) is 18.8 Å². The van der Waals surface area contributed by atoms with Crippen molar-refractivity contribution in [1.29, 1.82) is 0 Å². The quantitative estimate of drug-likeness (QED) is 0.773. The summed E-state index contributed by atoms with van der Waals surface area (Å²) < 4.78 is 1.65. The van der Waals surface area contributed by atoms with Gasteiger partial charge in [0.1, 0.15) is 0 Å². The Kier molecular flexibility index (Phi) is 2.88. The van der Waals surface area contributed by atoms with Crippen molar-refractivity contribution in [3.8, 4) is 0 Å². The molecule has 1 aromatic rings. The molecule has 1 atom stereocenters. The number of nitrogens with two attached hydrogens (primary N) is 1. The van der Waals surface area contributed by atoms with E-state index in [1.807, 2.05) is 7.05 Å². The molecule has 1 aliphatic rings. The van der Waals surface area contributed by atoms with Crippen molar-refractivity contribution in [1.82, 2.24) is 20.1 Å². The summed E-state index contributed by atoms with van der Waals surface area (Å²) in [5.74, 6) is 1.94. The molecule has 0 amide bonds. The lowest BCUT2D eigenvalue weighted by Crippen LogP contribution is -2.41. The maximum absolute atomic E-state index is 5.74. The highest BCUT2D eigenvalue weighted by Gasteiger charge is 2.35. The summed E-state index contributed by atoms with van der Waals surface area (Å²) in [5.41, 5.74) is 5.73. The Hall–Kier alpha value is -1.10. The molecule has 2 heterocycles. The Morgan fingerprint density at radius 2 is 2.25 bits per heavy atom. The molecule has 0 radical (unpaired) electrons. The van der Waals surface area contributed by atoms with E-state index in [1.165, 1.54) is 12.8 Å².